The topological polar surface area (TPSA) is 80.0 Å². The van der Waals surface area contributed by atoms with E-state index in [9.17, 15) is 9.59 Å². The Hall–Kier alpha value is -2.64. The van der Waals surface area contributed by atoms with Gasteiger partial charge in [0, 0.05) is 13.2 Å². The summed E-state index contributed by atoms with van der Waals surface area (Å²) < 4.78 is 1.61. The smallest absolute Gasteiger partial charge is 0.331 e. The summed E-state index contributed by atoms with van der Waals surface area (Å²) in [6.07, 6.45) is 4.95. The van der Waals surface area contributed by atoms with Crippen LogP contribution in [-0.2, 0) is 16.2 Å². The van der Waals surface area contributed by atoms with Gasteiger partial charge in [-0.25, -0.2) is 9.69 Å². The van der Waals surface area contributed by atoms with Gasteiger partial charge in [-0.05, 0) is 26.8 Å². The molecule has 3 amide bonds. The summed E-state index contributed by atoms with van der Waals surface area (Å²) in [5, 5.41) is 7.99. The van der Waals surface area contributed by atoms with Crippen molar-refractivity contribution < 1.29 is 14.4 Å². The number of nitrogens with zero attached hydrogens (tertiary/aromatic N) is 5. The molecule has 0 atom stereocenters. The molecule has 2 rings (SSSR count). The van der Waals surface area contributed by atoms with E-state index in [1.807, 2.05) is 19.9 Å². The van der Waals surface area contributed by atoms with Crippen molar-refractivity contribution in [2.75, 3.05) is 18.5 Å². The molecule has 0 aliphatic carbocycles. The molecule has 0 N–H and O–H groups in total. The van der Waals surface area contributed by atoms with E-state index >= 15 is 0 Å². The van der Waals surface area contributed by atoms with E-state index in [1.54, 1.807) is 24.9 Å². The monoisotopic (exact) mass is 305 g/mol. The Kier molecular flexibility index (Phi) is 4.59. The molecule has 0 spiro atoms. The summed E-state index contributed by atoms with van der Waals surface area (Å²) >= 11 is 0. The van der Waals surface area contributed by atoms with Gasteiger partial charge in [0.05, 0.1) is 24.1 Å². The van der Waals surface area contributed by atoms with E-state index in [2.05, 4.69) is 10.3 Å². The zero-order chi connectivity index (χ0) is 16.3. The third kappa shape index (κ3) is 3.51. The summed E-state index contributed by atoms with van der Waals surface area (Å²) in [5.74, 6) is 0.390. The molecule has 1 fully saturated rings. The van der Waals surface area contributed by atoms with Crippen LogP contribution in [0.3, 0.4) is 0 Å². The largest absolute Gasteiger partial charge is 0.362 e. The number of urea groups is 1. The Morgan fingerprint density at radius 2 is 2.14 bits per heavy atom. The van der Waals surface area contributed by atoms with Gasteiger partial charge in [0.25, 0.3) is 5.91 Å². The minimum absolute atomic E-state index is 0.0885. The van der Waals surface area contributed by atoms with E-state index in [0.717, 1.165) is 10.6 Å². The number of aromatic nitrogens is 2. The van der Waals surface area contributed by atoms with E-state index < -0.39 is 0 Å². The number of hydrogen-bond donors (Lipinski definition) is 0. The summed E-state index contributed by atoms with van der Waals surface area (Å²) in [6, 6.07) is -0.340. The van der Waals surface area contributed by atoms with Crippen molar-refractivity contribution in [2.45, 2.75) is 27.3 Å². The van der Waals surface area contributed by atoms with E-state index in [1.165, 1.54) is 11.1 Å². The SMILES string of the molecule is CC(C)=NO/C(C)=C/Cn1cc(N2C(=O)CN(C)C2=O)cn1. The van der Waals surface area contributed by atoms with Gasteiger partial charge in [0.1, 0.15) is 12.3 Å². The molecule has 118 valence electrons. The summed E-state index contributed by atoms with van der Waals surface area (Å²) in [6.45, 7) is 6.02. The lowest BCUT2D eigenvalue weighted by atomic mass is 10.4. The first kappa shape index (κ1) is 15.7. The van der Waals surface area contributed by atoms with Gasteiger partial charge in [-0.1, -0.05) is 5.16 Å². The number of likely N-dealkylation sites (N-methyl/N-ethyl adjacent to an activating group) is 1. The van der Waals surface area contributed by atoms with Crippen molar-refractivity contribution in [3.63, 3.8) is 0 Å². The van der Waals surface area contributed by atoms with Crippen LogP contribution in [0.4, 0.5) is 10.5 Å². The summed E-state index contributed by atoms with van der Waals surface area (Å²) in [4.78, 5) is 31.3. The first-order valence-corrected chi connectivity index (χ1v) is 6.84. The predicted octanol–water partition coefficient (Wildman–Crippen LogP) is 1.60. The number of carbonyl (C=O) groups is 2. The maximum absolute atomic E-state index is 11.9. The van der Waals surface area contributed by atoms with Crippen LogP contribution in [0.5, 0.6) is 0 Å². The fourth-order valence-electron chi connectivity index (χ4n) is 1.86. The van der Waals surface area contributed by atoms with Gasteiger partial charge in [-0.15, -0.1) is 0 Å². The van der Waals surface area contributed by atoms with Crippen LogP contribution in [0.1, 0.15) is 20.8 Å². The number of oxime groups is 1. The van der Waals surface area contributed by atoms with Crippen molar-refractivity contribution in [1.82, 2.24) is 14.7 Å². The Balaban J connectivity index is 2.03. The molecule has 8 heteroatoms. The highest BCUT2D eigenvalue weighted by Gasteiger charge is 2.35. The lowest BCUT2D eigenvalue weighted by Gasteiger charge is -2.10. The fraction of sp³-hybridized carbons (Fsp3) is 0.429. The molecule has 1 saturated heterocycles. The molecule has 1 aromatic heterocycles. The second kappa shape index (κ2) is 6.42. The number of amides is 3. The highest BCUT2D eigenvalue weighted by Crippen LogP contribution is 2.19. The second-order valence-electron chi connectivity index (χ2n) is 5.23. The van der Waals surface area contributed by atoms with E-state index in [-0.39, 0.29) is 18.5 Å². The standard InChI is InChI=1S/C14H19N5O3/c1-10(2)16-22-11(3)5-6-18-8-12(7-15-18)19-13(20)9-17(4)14(19)21/h5,7-8H,6,9H2,1-4H3/b11-5+. The van der Waals surface area contributed by atoms with Crippen molar-refractivity contribution in [1.29, 1.82) is 0 Å². The fourth-order valence-corrected chi connectivity index (χ4v) is 1.86. The molecule has 22 heavy (non-hydrogen) atoms. The van der Waals surface area contributed by atoms with Crippen LogP contribution in [-0.4, -0.2) is 45.9 Å². The minimum atomic E-state index is -0.340. The number of allylic oxidation sites excluding steroid dienone is 2. The Morgan fingerprint density at radius 3 is 2.73 bits per heavy atom. The molecule has 0 bridgehead atoms. The molecule has 2 heterocycles. The maximum atomic E-state index is 11.9. The Morgan fingerprint density at radius 1 is 1.41 bits per heavy atom. The predicted molar refractivity (Wildman–Crippen MR) is 81.4 cm³/mol. The lowest BCUT2D eigenvalue weighted by molar-refractivity contribution is -0.116. The van der Waals surface area contributed by atoms with Crippen LogP contribution in [0.2, 0.25) is 0 Å². The lowest BCUT2D eigenvalue weighted by Crippen LogP contribution is -2.31. The first-order chi connectivity index (χ1) is 10.4. The van der Waals surface area contributed by atoms with Crippen LogP contribution >= 0.6 is 0 Å². The quantitative estimate of drug-likeness (QED) is 0.358. The van der Waals surface area contributed by atoms with Crippen LogP contribution in [0, 0.1) is 0 Å². The summed E-state index contributed by atoms with van der Waals surface area (Å²) in [5.41, 5.74) is 1.29. The van der Waals surface area contributed by atoms with Crippen molar-refractivity contribution >= 4 is 23.3 Å². The number of carbonyl (C=O) groups excluding carboxylic acids is 2. The van der Waals surface area contributed by atoms with E-state index in [0.29, 0.717) is 18.0 Å². The highest BCUT2D eigenvalue weighted by molar-refractivity contribution is 6.19. The number of rotatable bonds is 5. The van der Waals surface area contributed by atoms with Crippen LogP contribution < -0.4 is 4.90 Å². The molecule has 1 aliphatic rings. The molecule has 0 saturated carbocycles. The molecule has 8 nitrogen and oxygen atoms in total. The van der Waals surface area contributed by atoms with Crippen molar-refractivity contribution in [3.05, 3.63) is 24.2 Å². The average molecular weight is 305 g/mol. The third-order valence-corrected chi connectivity index (χ3v) is 2.96. The Bertz CT molecular complexity index is 643. The normalized spacial score (nSPS) is 15.5. The van der Waals surface area contributed by atoms with Gasteiger partial charge in [0.2, 0.25) is 0 Å². The van der Waals surface area contributed by atoms with Crippen LogP contribution in [0.25, 0.3) is 0 Å². The number of anilines is 1. The second-order valence-corrected chi connectivity index (χ2v) is 5.23. The van der Waals surface area contributed by atoms with Crippen molar-refractivity contribution in [2.24, 2.45) is 5.16 Å². The van der Waals surface area contributed by atoms with Gasteiger partial charge in [0.15, 0.2) is 0 Å². The van der Waals surface area contributed by atoms with E-state index in [4.69, 9.17) is 4.84 Å². The average Bonchev–Trinajstić information content (AvgIpc) is 3.00. The maximum Gasteiger partial charge on any atom is 0.331 e. The zero-order valence-electron chi connectivity index (χ0n) is 13.1. The van der Waals surface area contributed by atoms with Gasteiger partial charge >= 0.3 is 6.03 Å². The molecular weight excluding hydrogens is 286 g/mol. The summed E-state index contributed by atoms with van der Waals surface area (Å²) in [7, 11) is 1.59. The van der Waals surface area contributed by atoms with Crippen molar-refractivity contribution in [3.8, 4) is 0 Å². The van der Waals surface area contributed by atoms with Gasteiger partial charge < -0.3 is 9.74 Å². The number of hydrogen-bond acceptors (Lipinski definition) is 5. The molecular formula is C14H19N5O3. The molecule has 0 radical (unpaired) electrons. The molecule has 1 aromatic rings. The Labute approximate surface area is 128 Å². The first-order valence-electron chi connectivity index (χ1n) is 6.84. The highest BCUT2D eigenvalue weighted by atomic mass is 16.6. The van der Waals surface area contributed by atoms with Gasteiger partial charge in [-0.2, -0.15) is 5.10 Å². The molecule has 0 unspecified atom stereocenters. The van der Waals surface area contributed by atoms with Gasteiger partial charge in [-0.3, -0.25) is 9.48 Å². The minimum Gasteiger partial charge on any atom is -0.362 e. The number of imide groups is 1. The molecule has 1 aliphatic heterocycles. The zero-order valence-corrected chi connectivity index (χ0v) is 13.1. The van der Waals surface area contributed by atoms with Crippen LogP contribution in [0.15, 0.2) is 29.4 Å². The molecule has 0 aromatic carbocycles. The third-order valence-electron chi connectivity index (χ3n) is 2.96.